The molecule has 3 nitrogen and oxygen atoms in total. The molecule has 1 aliphatic rings. The van der Waals surface area contributed by atoms with Gasteiger partial charge in [0, 0.05) is 23.3 Å². The third kappa shape index (κ3) is 8.95. The van der Waals surface area contributed by atoms with Gasteiger partial charge in [-0.1, -0.05) is 78.9 Å². The van der Waals surface area contributed by atoms with E-state index >= 15 is 0 Å². The first-order chi connectivity index (χ1) is 18.4. The molecule has 0 aromatic heterocycles. The van der Waals surface area contributed by atoms with Gasteiger partial charge in [-0.05, 0) is 80.3 Å². The van der Waals surface area contributed by atoms with Crippen LogP contribution in [0.1, 0.15) is 65.0 Å². The summed E-state index contributed by atoms with van der Waals surface area (Å²) in [6.45, 7) is 12.2. The summed E-state index contributed by atoms with van der Waals surface area (Å²) in [6.07, 6.45) is 1.94. The number of rotatable bonds is 9. The Kier molecular flexibility index (Phi) is 10.8. The van der Waals surface area contributed by atoms with Crippen LogP contribution in [0.5, 0.6) is 5.75 Å². The Morgan fingerprint density at radius 3 is 2.26 bits per heavy atom. The smallest absolute Gasteiger partial charge is 0.249 e. The van der Waals surface area contributed by atoms with Crippen molar-refractivity contribution in [3.8, 4) is 16.9 Å². The summed E-state index contributed by atoms with van der Waals surface area (Å²) >= 11 is 0. The van der Waals surface area contributed by atoms with E-state index in [0.29, 0.717) is 23.1 Å². The maximum absolute atomic E-state index is 15.0. The molecule has 0 bridgehead atoms. The molecule has 3 aromatic rings. The van der Waals surface area contributed by atoms with Crippen LogP contribution in [0.3, 0.4) is 0 Å². The van der Waals surface area contributed by atoms with E-state index < -0.39 is 11.7 Å². The molecular weight excluding hydrogens is 511 g/mol. The largest absolute Gasteiger partial charge is 0.457 e. The third-order valence-electron chi connectivity index (χ3n) is 7.07. The summed E-state index contributed by atoms with van der Waals surface area (Å²) in [4.78, 5) is 4.93. The number of halogens is 2. The molecule has 4 atom stereocenters. The summed E-state index contributed by atoms with van der Waals surface area (Å²) in [5.41, 5.74) is 4.26. The van der Waals surface area contributed by atoms with E-state index in [4.69, 9.17) is 9.73 Å². The van der Waals surface area contributed by atoms with Gasteiger partial charge in [0.15, 0.2) is 0 Å². The topological polar surface area (TPSA) is 41.8 Å². The average Bonchev–Trinajstić information content (AvgIpc) is 3.67. The molecule has 6 heteroatoms. The molecule has 1 aliphatic carbocycles. The number of ether oxygens (including phenoxy) is 1. The number of nitrogens with zero attached hydrogens (tertiary/aromatic N) is 1. The Morgan fingerprint density at radius 1 is 1.10 bits per heavy atom. The fourth-order valence-electron chi connectivity index (χ4n) is 4.77. The standard InChI is InChI=1S/C26H34FNO.C7H8FOP/c1-7-8-24(22-14-20(22)16(2)3)28-25-15-23(27)21(13-17(25)4)18-9-11-19(12-10-18)26(5,6)29;8-7(10)9-6-4-2-1-3-5-6/h9-13,15-16,20,22,29H,7-8,14H2,1-6H3;1-5,7H,10H2/t20-,22-;/m1./s1. The lowest BCUT2D eigenvalue weighted by Gasteiger charge is -2.18. The van der Waals surface area contributed by atoms with Crippen molar-refractivity contribution in [2.45, 2.75) is 72.5 Å². The minimum atomic E-state index is -1.32. The monoisotopic (exact) mass is 553 g/mol. The molecule has 4 rings (SSSR count). The van der Waals surface area contributed by atoms with E-state index in [1.54, 1.807) is 44.2 Å². The number of aliphatic hydroxyl groups is 1. The maximum atomic E-state index is 15.0. The summed E-state index contributed by atoms with van der Waals surface area (Å²) in [5, 5.41) is 10.1. The Morgan fingerprint density at radius 2 is 1.74 bits per heavy atom. The van der Waals surface area contributed by atoms with E-state index in [0.717, 1.165) is 41.1 Å². The maximum Gasteiger partial charge on any atom is 0.249 e. The highest BCUT2D eigenvalue weighted by molar-refractivity contribution is 7.16. The molecule has 0 radical (unpaired) electrons. The lowest BCUT2D eigenvalue weighted by molar-refractivity contribution is 0.0786. The van der Waals surface area contributed by atoms with Gasteiger partial charge >= 0.3 is 0 Å². The van der Waals surface area contributed by atoms with Crippen LogP contribution < -0.4 is 4.74 Å². The molecule has 1 saturated carbocycles. The Hall–Kier alpha value is -2.62. The second-order valence-corrected chi connectivity index (χ2v) is 11.7. The number of aryl methyl sites for hydroxylation is 1. The van der Waals surface area contributed by atoms with Gasteiger partial charge in [-0.2, -0.15) is 4.39 Å². The number of aliphatic imine (C=N–C) groups is 1. The number of hydrogen-bond donors (Lipinski definition) is 1. The van der Waals surface area contributed by atoms with Crippen LogP contribution in [0, 0.1) is 30.5 Å². The van der Waals surface area contributed by atoms with Crippen molar-refractivity contribution in [1.29, 1.82) is 0 Å². The first kappa shape index (κ1) is 30.9. The molecule has 1 N–H and O–H groups in total. The molecule has 0 heterocycles. The molecule has 0 saturated heterocycles. The highest BCUT2D eigenvalue weighted by Crippen LogP contribution is 2.46. The van der Waals surface area contributed by atoms with Crippen molar-refractivity contribution >= 4 is 20.6 Å². The molecule has 39 heavy (non-hydrogen) atoms. The van der Waals surface area contributed by atoms with Crippen LogP contribution in [0.2, 0.25) is 0 Å². The van der Waals surface area contributed by atoms with E-state index in [1.165, 1.54) is 12.1 Å². The van der Waals surface area contributed by atoms with Crippen molar-refractivity contribution in [2.75, 3.05) is 0 Å². The Labute approximate surface area is 234 Å². The van der Waals surface area contributed by atoms with Gasteiger partial charge in [-0.3, -0.25) is 4.99 Å². The molecule has 1 fully saturated rings. The van der Waals surface area contributed by atoms with Crippen molar-refractivity contribution in [3.63, 3.8) is 0 Å². The van der Waals surface area contributed by atoms with Gasteiger partial charge in [0.2, 0.25) is 6.10 Å². The van der Waals surface area contributed by atoms with Crippen LogP contribution >= 0.6 is 9.24 Å². The summed E-state index contributed by atoms with van der Waals surface area (Å²) in [6, 6.07) is 19.8. The molecule has 0 spiro atoms. The van der Waals surface area contributed by atoms with Crippen LogP contribution in [0.4, 0.5) is 14.5 Å². The molecule has 0 amide bonds. The Balaban J connectivity index is 0.000000353. The van der Waals surface area contributed by atoms with Crippen LogP contribution in [-0.2, 0) is 5.60 Å². The molecule has 210 valence electrons. The lowest BCUT2D eigenvalue weighted by Crippen LogP contribution is -2.14. The van der Waals surface area contributed by atoms with Gasteiger partial charge in [0.25, 0.3) is 0 Å². The molecule has 3 aromatic carbocycles. The quantitative estimate of drug-likeness (QED) is 0.212. The third-order valence-corrected chi connectivity index (χ3v) is 7.21. The highest BCUT2D eigenvalue weighted by Gasteiger charge is 2.42. The van der Waals surface area contributed by atoms with E-state index in [1.807, 2.05) is 52.6 Å². The van der Waals surface area contributed by atoms with E-state index in [-0.39, 0.29) is 5.82 Å². The summed E-state index contributed by atoms with van der Waals surface area (Å²) in [5.74, 6) is 2.25. The normalized spacial score (nSPS) is 17.9. The van der Waals surface area contributed by atoms with Gasteiger partial charge in [-0.15, -0.1) is 0 Å². The number of alkyl halides is 1. The number of hydrogen-bond acceptors (Lipinski definition) is 3. The van der Waals surface area contributed by atoms with Gasteiger partial charge < -0.3 is 9.84 Å². The fraction of sp³-hybridized carbons (Fsp3) is 0.424. The van der Waals surface area contributed by atoms with Crippen molar-refractivity contribution < 1.29 is 18.6 Å². The van der Waals surface area contributed by atoms with Crippen molar-refractivity contribution in [1.82, 2.24) is 0 Å². The van der Waals surface area contributed by atoms with Crippen LogP contribution in [0.15, 0.2) is 71.7 Å². The average molecular weight is 554 g/mol. The number of benzene rings is 3. The van der Waals surface area contributed by atoms with E-state index in [2.05, 4.69) is 20.8 Å². The second kappa shape index (κ2) is 13.6. The predicted molar refractivity (Wildman–Crippen MR) is 162 cm³/mol. The van der Waals surface area contributed by atoms with Crippen LogP contribution in [-0.4, -0.2) is 16.9 Å². The zero-order valence-corrected chi connectivity index (χ0v) is 25.1. The van der Waals surface area contributed by atoms with Gasteiger partial charge in [0.05, 0.1) is 11.3 Å². The second-order valence-electron chi connectivity index (χ2n) is 11.1. The SMILES string of the molecule is CCCC(=Nc1cc(F)c(-c2ccc(C(C)(C)O)cc2)cc1C)[C@@H]1C[C@@H]1C(C)C.FC(P)Oc1ccccc1. The predicted octanol–water partition coefficient (Wildman–Crippen LogP) is 9.39. The lowest BCUT2D eigenvalue weighted by atomic mass is 9.94. The molecule has 0 aliphatic heterocycles. The van der Waals surface area contributed by atoms with Gasteiger partial charge in [-0.25, -0.2) is 4.39 Å². The summed E-state index contributed by atoms with van der Waals surface area (Å²) in [7, 11) is 1.92. The zero-order valence-electron chi connectivity index (χ0n) is 23.9. The number of para-hydroxylation sites is 1. The molecular formula is C33H42F2NO2P. The summed E-state index contributed by atoms with van der Waals surface area (Å²) < 4.78 is 31.8. The first-order valence-electron chi connectivity index (χ1n) is 13.7. The fourth-order valence-corrected chi connectivity index (χ4v) is 4.93. The molecule has 2 unspecified atom stereocenters. The van der Waals surface area contributed by atoms with Crippen molar-refractivity contribution in [3.05, 3.63) is 83.7 Å². The van der Waals surface area contributed by atoms with Gasteiger partial charge in [0.1, 0.15) is 11.6 Å². The van der Waals surface area contributed by atoms with E-state index in [9.17, 15) is 13.9 Å². The highest BCUT2D eigenvalue weighted by atomic mass is 31.0. The van der Waals surface area contributed by atoms with Crippen molar-refractivity contribution in [2.24, 2.45) is 22.7 Å². The first-order valence-corrected chi connectivity index (χ1v) is 14.4. The minimum Gasteiger partial charge on any atom is -0.457 e. The zero-order chi connectivity index (χ0) is 28.7. The minimum absolute atomic E-state index is 0.252. The Bertz CT molecular complexity index is 1240. The van der Waals surface area contributed by atoms with Crippen LogP contribution in [0.25, 0.3) is 11.1 Å².